The van der Waals surface area contributed by atoms with Gasteiger partial charge in [-0.15, -0.1) is 0 Å². The van der Waals surface area contributed by atoms with Gasteiger partial charge in [-0.1, -0.05) is 56.5 Å². The van der Waals surface area contributed by atoms with Gasteiger partial charge in [0.25, 0.3) is 0 Å². The number of unbranched alkanes of at least 4 members (excludes halogenated alkanes) is 3. The van der Waals surface area contributed by atoms with Gasteiger partial charge in [-0.3, -0.25) is 9.59 Å². The molecule has 0 saturated carbocycles. The van der Waals surface area contributed by atoms with Gasteiger partial charge < -0.3 is 24.3 Å². The van der Waals surface area contributed by atoms with Gasteiger partial charge in [-0.25, -0.2) is 0 Å². The summed E-state index contributed by atoms with van der Waals surface area (Å²) in [6.45, 7) is 2.91. The van der Waals surface area contributed by atoms with Crippen LogP contribution in [0, 0.1) is 0 Å². The molecule has 35 heavy (non-hydrogen) atoms. The lowest BCUT2D eigenvalue weighted by atomic mass is 9.85. The number of benzene rings is 2. The third kappa shape index (κ3) is 3.93. The highest BCUT2D eigenvalue weighted by Gasteiger charge is 2.48. The third-order valence-corrected chi connectivity index (χ3v) is 7.35. The summed E-state index contributed by atoms with van der Waals surface area (Å²) >= 11 is 0. The molecule has 1 N–H and O–H groups in total. The number of rotatable bonds is 8. The van der Waals surface area contributed by atoms with Crippen molar-refractivity contribution < 1.29 is 19.1 Å². The highest BCUT2D eigenvalue weighted by Crippen LogP contribution is 2.46. The van der Waals surface area contributed by atoms with Crippen molar-refractivity contribution in [2.45, 2.75) is 51.1 Å². The summed E-state index contributed by atoms with van der Waals surface area (Å²) in [6, 6.07) is 12.8. The Hall–Kier alpha value is -3.48. The Morgan fingerprint density at radius 2 is 1.83 bits per heavy atom. The number of nitrogens with zero attached hydrogens (tertiary/aromatic N) is 2. The molecular weight excluding hydrogens is 442 g/mol. The van der Waals surface area contributed by atoms with Crippen molar-refractivity contribution in [2.75, 3.05) is 27.3 Å². The predicted octanol–water partition coefficient (Wildman–Crippen LogP) is 4.45. The maximum Gasteiger partial charge on any atom is 0.246 e. The van der Waals surface area contributed by atoms with E-state index in [0.717, 1.165) is 53.4 Å². The topological polar surface area (TPSA) is 74.9 Å². The van der Waals surface area contributed by atoms with Crippen LogP contribution in [-0.2, 0) is 16.0 Å². The number of hydrogen-bond donors (Lipinski definition) is 1. The van der Waals surface area contributed by atoms with E-state index in [2.05, 4.69) is 18.0 Å². The van der Waals surface area contributed by atoms with E-state index < -0.39 is 12.1 Å². The number of amides is 2. The highest BCUT2D eigenvalue weighted by molar-refractivity contribution is 5.97. The Bertz CT molecular complexity index is 1250. The van der Waals surface area contributed by atoms with Crippen LogP contribution in [0.4, 0.5) is 0 Å². The van der Waals surface area contributed by atoms with Crippen molar-refractivity contribution in [3.05, 3.63) is 59.3 Å². The fraction of sp³-hybridized carbons (Fsp3) is 0.429. The van der Waals surface area contributed by atoms with Gasteiger partial charge in [-0.05, 0) is 24.1 Å². The number of nitrogens with one attached hydrogen (secondary N) is 1. The van der Waals surface area contributed by atoms with Crippen molar-refractivity contribution in [1.29, 1.82) is 0 Å². The van der Waals surface area contributed by atoms with Crippen molar-refractivity contribution >= 4 is 22.7 Å². The molecule has 0 aliphatic carbocycles. The Kier molecular flexibility index (Phi) is 6.41. The number of carbonyl (C=O) groups is 2. The van der Waals surface area contributed by atoms with E-state index in [4.69, 9.17) is 9.47 Å². The molecule has 2 aliphatic heterocycles. The van der Waals surface area contributed by atoms with Gasteiger partial charge in [-0.2, -0.15) is 0 Å². The van der Waals surface area contributed by atoms with Crippen molar-refractivity contribution in [3.8, 4) is 11.5 Å². The molecule has 1 saturated heterocycles. The molecule has 1 fully saturated rings. The predicted molar refractivity (Wildman–Crippen MR) is 135 cm³/mol. The van der Waals surface area contributed by atoms with Gasteiger partial charge in [0.05, 0.1) is 20.8 Å². The summed E-state index contributed by atoms with van der Waals surface area (Å²) in [5, 5.41) is 1.09. The maximum absolute atomic E-state index is 13.8. The monoisotopic (exact) mass is 475 g/mol. The lowest BCUT2D eigenvalue weighted by Crippen LogP contribution is -2.63. The summed E-state index contributed by atoms with van der Waals surface area (Å²) in [5.41, 5.74) is 3.83. The van der Waals surface area contributed by atoms with E-state index in [0.29, 0.717) is 24.5 Å². The fourth-order valence-corrected chi connectivity index (χ4v) is 5.69. The lowest BCUT2D eigenvalue weighted by molar-refractivity contribution is -0.158. The fourth-order valence-electron chi connectivity index (χ4n) is 5.69. The zero-order valence-electron chi connectivity index (χ0n) is 20.7. The number of aromatic nitrogens is 1. The Morgan fingerprint density at radius 3 is 2.60 bits per heavy atom. The van der Waals surface area contributed by atoms with Crippen LogP contribution in [0.1, 0.15) is 55.5 Å². The summed E-state index contributed by atoms with van der Waals surface area (Å²) in [4.78, 5) is 34.5. The SMILES string of the molecule is CCCCCCN1CC(=O)N2C(c3cccc(OC)c3OC)c3[nH]c4ccccc4c3C[C@H]2C1=O. The number of ether oxygens (including phenoxy) is 2. The highest BCUT2D eigenvalue weighted by atomic mass is 16.5. The van der Waals surface area contributed by atoms with Gasteiger partial charge in [0.2, 0.25) is 11.8 Å². The van der Waals surface area contributed by atoms with Crippen molar-refractivity contribution in [3.63, 3.8) is 0 Å². The van der Waals surface area contributed by atoms with Crippen LogP contribution in [0.3, 0.4) is 0 Å². The second-order valence-corrected chi connectivity index (χ2v) is 9.39. The quantitative estimate of drug-likeness (QED) is 0.489. The molecule has 0 radical (unpaired) electrons. The molecule has 5 rings (SSSR count). The number of para-hydroxylation sites is 2. The largest absolute Gasteiger partial charge is 0.493 e. The van der Waals surface area contributed by atoms with Gasteiger partial charge in [0.1, 0.15) is 12.1 Å². The molecule has 2 aromatic carbocycles. The second kappa shape index (κ2) is 9.64. The molecule has 7 heteroatoms. The first kappa shape index (κ1) is 23.3. The first-order chi connectivity index (χ1) is 17.1. The molecular formula is C28H33N3O4. The summed E-state index contributed by atoms with van der Waals surface area (Å²) < 4.78 is 11.3. The molecule has 2 amide bonds. The van der Waals surface area contributed by atoms with Gasteiger partial charge in [0, 0.05) is 35.1 Å². The third-order valence-electron chi connectivity index (χ3n) is 7.35. The minimum Gasteiger partial charge on any atom is -0.493 e. The Labute approximate surface area is 206 Å². The van der Waals surface area contributed by atoms with E-state index in [1.165, 1.54) is 0 Å². The van der Waals surface area contributed by atoms with Crippen LogP contribution < -0.4 is 9.47 Å². The first-order valence-corrected chi connectivity index (χ1v) is 12.5. The number of H-pyrrole nitrogens is 1. The zero-order valence-corrected chi connectivity index (χ0v) is 20.7. The van der Waals surface area contributed by atoms with Crippen LogP contribution in [0.25, 0.3) is 10.9 Å². The normalized spacial score (nSPS) is 19.6. The van der Waals surface area contributed by atoms with Gasteiger partial charge in [0.15, 0.2) is 11.5 Å². The minimum absolute atomic E-state index is 0.0314. The number of piperazine rings is 1. The minimum atomic E-state index is -0.546. The first-order valence-electron chi connectivity index (χ1n) is 12.5. The summed E-state index contributed by atoms with van der Waals surface area (Å²) in [6.07, 6.45) is 4.76. The second-order valence-electron chi connectivity index (χ2n) is 9.39. The Morgan fingerprint density at radius 1 is 1.00 bits per heavy atom. The van der Waals surface area contributed by atoms with Gasteiger partial charge >= 0.3 is 0 Å². The van der Waals surface area contributed by atoms with Crippen molar-refractivity contribution in [2.24, 2.45) is 0 Å². The number of fused-ring (bicyclic) bond motifs is 4. The lowest BCUT2D eigenvalue weighted by Gasteiger charge is -2.47. The standard InChI is InChI=1S/C28H33N3O4/c1-4-5-6-9-15-30-17-24(32)31-22(28(30)33)16-20-18-11-7-8-13-21(18)29-25(20)26(31)19-12-10-14-23(34-2)27(19)35-3/h7-8,10-14,22,26,29H,4-6,9,15-17H2,1-3H3/t22-,26?/m0/s1. The molecule has 2 atom stereocenters. The van der Waals surface area contributed by atoms with Crippen molar-refractivity contribution in [1.82, 2.24) is 14.8 Å². The molecule has 1 aromatic heterocycles. The molecule has 1 unspecified atom stereocenters. The van der Waals surface area contributed by atoms with E-state index >= 15 is 0 Å². The van der Waals surface area contributed by atoms with Crippen LogP contribution in [-0.4, -0.2) is 59.9 Å². The molecule has 0 bridgehead atoms. The van der Waals surface area contributed by atoms with Crippen LogP contribution in [0.5, 0.6) is 11.5 Å². The maximum atomic E-state index is 13.8. The average molecular weight is 476 g/mol. The zero-order chi connectivity index (χ0) is 24.5. The van der Waals surface area contributed by atoms with E-state index in [-0.39, 0.29) is 18.4 Å². The molecule has 7 nitrogen and oxygen atoms in total. The van der Waals surface area contributed by atoms with E-state index in [1.54, 1.807) is 24.0 Å². The summed E-state index contributed by atoms with van der Waals surface area (Å²) in [7, 11) is 3.21. The molecule has 3 heterocycles. The molecule has 184 valence electrons. The van der Waals surface area contributed by atoms with Crippen LogP contribution in [0.2, 0.25) is 0 Å². The average Bonchev–Trinajstić information content (AvgIpc) is 3.26. The van der Waals surface area contributed by atoms with Crippen LogP contribution in [0.15, 0.2) is 42.5 Å². The number of methoxy groups -OCH3 is 2. The van der Waals surface area contributed by atoms with Crippen LogP contribution >= 0.6 is 0 Å². The molecule has 2 aliphatic rings. The number of carbonyl (C=O) groups excluding carboxylic acids is 2. The Balaban J connectivity index is 1.62. The number of hydrogen-bond acceptors (Lipinski definition) is 4. The molecule has 3 aromatic rings. The van der Waals surface area contributed by atoms with E-state index in [1.807, 2.05) is 36.4 Å². The summed E-state index contributed by atoms with van der Waals surface area (Å²) in [5.74, 6) is 1.17. The smallest absolute Gasteiger partial charge is 0.246 e. The molecule has 0 spiro atoms. The number of aromatic amines is 1. The van der Waals surface area contributed by atoms with E-state index in [9.17, 15) is 9.59 Å².